The maximum atomic E-state index is 12.8. The van der Waals surface area contributed by atoms with Gasteiger partial charge >= 0.3 is 0 Å². The lowest BCUT2D eigenvalue weighted by Crippen LogP contribution is -2.56. The van der Waals surface area contributed by atoms with Crippen molar-refractivity contribution in [1.82, 2.24) is 15.0 Å². The van der Waals surface area contributed by atoms with E-state index in [4.69, 9.17) is 0 Å². The number of aryl methyl sites for hydroxylation is 2. The van der Waals surface area contributed by atoms with Crippen LogP contribution < -0.4 is 5.43 Å². The highest BCUT2D eigenvalue weighted by molar-refractivity contribution is 5.98. The van der Waals surface area contributed by atoms with E-state index in [1.807, 2.05) is 45.9 Å². The zero-order valence-corrected chi connectivity index (χ0v) is 14.3. The maximum absolute atomic E-state index is 12.8. The quantitative estimate of drug-likeness (QED) is 0.867. The van der Waals surface area contributed by atoms with Crippen molar-refractivity contribution in [2.24, 2.45) is 7.05 Å². The van der Waals surface area contributed by atoms with E-state index in [1.54, 1.807) is 36.0 Å². The van der Waals surface area contributed by atoms with Crippen LogP contribution in [0.3, 0.4) is 0 Å². The van der Waals surface area contributed by atoms with E-state index in [0.717, 1.165) is 5.56 Å². The fourth-order valence-electron chi connectivity index (χ4n) is 2.29. The molecule has 0 spiro atoms. The highest BCUT2D eigenvalue weighted by Gasteiger charge is 2.30. The molecule has 0 aliphatic heterocycles. The predicted octanol–water partition coefficient (Wildman–Crippen LogP) is 2.92. The summed E-state index contributed by atoms with van der Waals surface area (Å²) in [6.45, 7) is 7.57. The van der Waals surface area contributed by atoms with E-state index in [1.165, 1.54) is 5.01 Å². The average molecular weight is 313 g/mol. The zero-order chi connectivity index (χ0) is 17.2. The van der Waals surface area contributed by atoms with Gasteiger partial charge in [0.15, 0.2) is 0 Å². The number of benzene rings is 1. The van der Waals surface area contributed by atoms with Gasteiger partial charge in [0.25, 0.3) is 11.8 Å². The Hall–Kier alpha value is -2.56. The lowest BCUT2D eigenvalue weighted by molar-refractivity contribution is 0.0355. The first-order chi connectivity index (χ1) is 10.7. The highest BCUT2D eigenvalue weighted by Crippen LogP contribution is 2.16. The Morgan fingerprint density at radius 3 is 2.35 bits per heavy atom. The van der Waals surface area contributed by atoms with Crippen molar-refractivity contribution in [2.75, 3.05) is 0 Å². The number of nitrogens with one attached hydrogen (secondary N) is 1. The summed E-state index contributed by atoms with van der Waals surface area (Å²) in [4.78, 5) is 25.3. The van der Waals surface area contributed by atoms with Crippen LogP contribution in [0.1, 0.15) is 47.2 Å². The van der Waals surface area contributed by atoms with Gasteiger partial charge in [0.1, 0.15) is 5.69 Å². The lowest BCUT2D eigenvalue weighted by Gasteiger charge is -2.35. The smallest absolute Gasteiger partial charge is 0.286 e. The SMILES string of the molecule is Cc1cccc(C(=O)N(NC(=O)c2cccn2C)C(C)(C)C)c1. The van der Waals surface area contributed by atoms with Gasteiger partial charge in [-0.3, -0.25) is 15.0 Å². The summed E-state index contributed by atoms with van der Waals surface area (Å²) in [6.07, 6.45) is 1.79. The summed E-state index contributed by atoms with van der Waals surface area (Å²) in [5, 5.41) is 1.39. The Bertz CT molecular complexity index is 726. The molecule has 2 amide bonds. The fourth-order valence-corrected chi connectivity index (χ4v) is 2.29. The molecule has 0 saturated heterocycles. The molecule has 5 nitrogen and oxygen atoms in total. The standard InChI is InChI=1S/C18H23N3O2/c1-13-8-6-9-14(12-13)17(23)21(18(2,3)4)19-16(22)15-10-7-11-20(15)5/h6-12H,1-5H3,(H,19,22). The molecule has 0 fully saturated rings. The number of hydrazine groups is 1. The largest absolute Gasteiger partial charge is 0.347 e. The molecule has 1 aromatic heterocycles. The molecule has 0 radical (unpaired) electrons. The molecule has 0 atom stereocenters. The second-order valence-electron chi connectivity index (χ2n) is 6.63. The van der Waals surface area contributed by atoms with E-state index < -0.39 is 5.54 Å². The van der Waals surface area contributed by atoms with E-state index in [-0.39, 0.29) is 11.8 Å². The molecule has 23 heavy (non-hydrogen) atoms. The maximum Gasteiger partial charge on any atom is 0.286 e. The first-order valence-corrected chi connectivity index (χ1v) is 7.53. The van der Waals surface area contributed by atoms with E-state index in [2.05, 4.69) is 5.43 Å². The number of aromatic nitrogens is 1. The van der Waals surface area contributed by atoms with Crippen LogP contribution in [0.15, 0.2) is 42.6 Å². The molecule has 0 bridgehead atoms. The summed E-state index contributed by atoms with van der Waals surface area (Å²) >= 11 is 0. The van der Waals surface area contributed by atoms with Crippen LogP contribution in [0.5, 0.6) is 0 Å². The lowest BCUT2D eigenvalue weighted by atomic mass is 10.1. The third-order valence-electron chi connectivity index (χ3n) is 3.53. The number of amides is 2. The van der Waals surface area contributed by atoms with Gasteiger partial charge < -0.3 is 4.57 Å². The summed E-state index contributed by atoms with van der Waals surface area (Å²) in [5.74, 6) is -0.544. The number of hydrogen-bond donors (Lipinski definition) is 1. The van der Waals surface area contributed by atoms with Crippen LogP contribution in [-0.4, -0.2) is 26.9 Å². The summed E-state index contributed by atoms with van der Waals surface area (Å²) in [5.41, 5.74) is 4.23. The van der Waals surface area contributed by atoms with Crippen molar-refractivity contribution in [1.29, 1.82) is 0 Å². The third kappa shape index (κ3) is 3.80. The van der Waals surface area contributed by atoms with Gasteiger partial charge in [-0.1, -0.05) is 17.7 Å². The molecule has 0 saturated carbocycles. The minimum atomic E-state index is -0.554. The van der Waals surface area contributed by atoms with Gasteiger partial charge in [0.2, 0.25) is 0 Å². The van der Waals surface area contributed by atoms with Crippen LogP contribution in [0.4, 0.5) is 0 Å². The predicted molar refractivity (Wildman–Crippen MR) is 90.0 cm³/mol. The minimum Gasteiger partial charge on any atom is -0.347 e. The fraction of sp³-hybridized carbons (Fsp3) is 0.333. The molecule has 1 N–H and O–H groups in total. The molecule has 1 aromatic carbocycles. The van der Waals surface area contributed by atoms with Gasteiger partial charge in [-0.25, -0.2) is 5.01 Å². The van der Waals surface area contributed by atoms with E-state index >= 15 is 0 Å². The number of carbonyl (C=O) groups is 2. The molecule has 0 unspecified atom stereocenters. The molecule has 5 heteroatoms. The minimum absolute atomic E-state index is 0.233. The Morgan fingerprint density at radius 1 is 1.13 bits per heavy atom. The van der Waals surface area contributed by atoms with Crippen LogP contribution in [-0.2, 0) is 7.05 Å². The van der Waals surface area contributed by atoms with Crippen LogP contribution >= 0.6 is 0 Å². The molecular formula is C18H23N3O2. The van der Waals surface area contributed by atoms with E-state index in [9.17, 15) is 9.59 Å². The van der Waals surface area contributed by atoms with E-state index in [0.29, 0.717) is 11.3 Å². The number of nitrogens with zero attached hydrogens (tertiary/aromatic N) is 2. The molecule has 2 rings (SSSR count). The van der Waals surface area contributed by atoms with Crippen molar-refractivity contribution in [3.05, 3.63) is 59.4 Å². The summed E-state index contributed by atoms with van der Waals surface area (Å²) < 4.78 is 1.72. The number of hydrogen-bond acceptors (Lipinski definition) is 2. The van der Waals surface area contributed by atoms with Crippen molar-refractivity contribution >= 4 is 11.8 Å². The van der Waals surface area contributed by atoms with Crippen LogP contribution in [0, 0.1) is 6.92 Å². The van der Waals surface area contributed by atoms with Crippen molar-refractivity contribution in [3.8, 4) is 0 Å². The Kier molecular flexibility index (Phi) is 4.59. The zero-order valence-electron chi connectivity index (χ0n) is 14.3. The second-order valence-corrected chi connectivity index (χ2v) is 6.63. The molecule has 0 aliphatic carbocycles. The topological polar surface area (TPSA) is 54.3 Å². The van der Waals surface area contributed by atoms with Crippen molar-refractivity contribution < 1.29 is 9.59 Å². The van der Waals surface area contributed by atoms with Crippen molar-refractivity contribution in [3.63, 3.8) is 0 Å². The van der Waals surface area contributed by atoms with Crippen LogP contribution in [0.25, 0.3) is 0 Å². The summed E-state index contributed by atoms with van der Waals surface area (Å²) in [7, 11) is 1.79. The van der Waals surface area contributed by atoms with Gasteiger partial charge in [-0.15, -0.1) is 0 Å². The molecule has 1 heterocycles. The molecule has 2 aromatic rings. The average Bonchev–Trinajstić information content (AvgIpc) is 2.89. The highest BCUT2D eigenvalue weighted by atomic mass is 16.2. The monoisotopic (exact) mass is 313 g/mol. The van der Waals surface area contributed by atoms with Gasteiger partial charge in [-0.05, 0) is 52.0 Å². The van der Waals surface area contributed by atoms with Gasteiger partial charge in [0, 0.05) is 18.8 Å². The van der Waals surface area contributed by atoms with Crippen LogP contribution in [0.2, 0.25) is 0 Å². The van der Waals surface area contributed by atoms with Gasteiger partial charge in [0.05, 0.1) is 5.54 Å². The molecule has 122 valence electrons. The normalized spacial score (nSPS) is 11.2. The first kappa shape index (κ1) is 16.8. The van der Waals surface area contributed by atoms with Crippen molar-refractivity contribution in [2.45, 2.75) is 33.2 Å². The number of carbonyl (C=O) groups excluding carboxylic acids is 2. The Morgan fingerprint density at radius 2 is 1.83 bits per heavy atom. The third-order valence-corrected chi connectivity index (χ3v) is 3.53. The summed E-state index contributed by atoms with van der Waals surface area (Å²) in [6, 6.07) is 10.8. The Labute approximate surface area is 136 Å². The second kappa shape index (κ2) is 6.28. The van der Waals surface area contributed by atoms with Gasteiger partial charge in [-0.2, -0.15) is 0 Å². The molecule has 0 aliphatic rings. The Balaban J connectivity index is 2.30. The first-order valence-electron chi connectivity index (χ1n) is 7.53. The number of rotatable bonds is 2. The molecular weight excluding hydrogens is 290 g/mol.